The molecular formula is C20H24ClNO3. The van der Waals surface area contributed by atoms with Gasteiger partial charge >= 0.3 is 5.97 Å². The Morgan fingerprint density at radius 1 is 1.00 bits per heavy atom. The zero-order valence-corrected chi connectivity index (χ0v) is 14.9. The first-order valence-electron chi connectivity index (χ1n) is 8.42. The van der Waals surface area contributed by atoms with Crippen LogP contribution in [0.4, 0.5) is 0 Å². The zero-order chi connectivity index (χ0) is 16.8. The minimum Gasteiger partial charge on any atom is -0.480 e. The lowest BCUT2D eigenvalue weighted by atomic mass is 10.00. The molecule has 1 saturated heterocycles. The summed E-state index contributed by atoms with van der Waals surface area (Å²) in [6.45, 7) is 1.66. The first kappa shape index (κ1) is 19.4. The van der Waals surface area contributed by atoms with E-state index in [0.29, 0.717) is 0 Å². The number of aliphatic carboxylic acids is 1. The van der Waals surface area contributed by atoms with Crippen LogP contribution in [-0.4, -0.2) is 41.7 Å². The molecule has 0 saturated carbocycles. The second-order valence-corrected chi connectivity index (χ2v) is 6.21. The molecule has 1 heterocycles. The van der Waals surface area contributed by atoms with Gasteiger partial charge in [-0.1, -0.05) is 60.7 Å². The maximum Gasteiger partial charge on any atom is 0.317 e. The number of hydrogen-bond acceptors (Lipinski definition) is 3. The summed E-state index contributed by atoms with van der Waals surface area (Å²) in [6, 6.07) is 20.5. The molecule has 0 unspecified atom stereocenters. The third-order valence-corrected chi connectivity index (χ3v) is 4.43. The fourth-order valence-corrected chi connectivity index (χ4v) is 3.19. The lowest BCUT2D eigenvalue weighted by molar-refractivity contribution is -0.139. The molecule has 1 N–H and O–H groups in total. The summed E-state index contributed by atoms with van der Waals surface area (Å²) in [7, 11) is 0. The van der Waals surface area contributed by atoms with E-state index in [2.05, 4.69) is 24.3 Å². The van der Waals surface area contributed by atoms with Gasteiger partial charge in [0, 0.05) is 13.1 Å². The van der Waals surface area contributed by atoms with E-state index in [9.17, 15) is 4.79 Å². The van der Waals surface area contributed by atoms with Gasteiger partial charge in [0.2, 0.25) is 0 Å². The minimum absolute atomic E-state index is 0. The molecule has 1 fully saturated rings. The smallest absolute Gasteiger partial charge is 0.317 e. The highest BCUT2D eigenvalue weighted by Gasteiger charge is 2.25. The number of likely N-dealkylation sites (tertiary alicyclic amines) is 1. The summed E-state index contributed by atoms with van der Waals surface area (Å²) < 4.78 is 6.44. The van der Waals surface area contributed by atoms with Crippen molar-refractivity contribution in [2.45, 2.75) is 25.0 Å². The van der Waals surface area contributed by atoms with E-state index < -0.39 is 5.97 Å². The molecule has 25 heavy (non-hydrogen) atoms. The van der Waals surface area contributed by atoms with Gasteiger partial charge in [0.25, 0.3) is 0 Å². The largest absolute Gasteiger partial charge is 0.480 e. The van der Waals surface area contributed by atoms with Gasteiger partial charge in [0.1, 0.15) is 6.10 Å². The molecular weight excluding hydrogens is 338 g/mol. The van der Waals surface area contributed by atoms with Crippen LogP contribution in [0.25, 0.3) is 0 Å². The van der Waals surface area contributed by atoms with Crippen molar-refractivity contribution in [3.63, 3.8) is 0 Å². The molecule has 0 bridgehead atoms. The third-order valence-electron chi connectivity index (χ3n) is 4.43. The number of halogens is 1. The summed E-state index contributed by atoms with van der Waals surface area (Å²) >= 11 is 0. The van der Waals surface area contributed by atoms with Crippen LogP contribution in [0.3, 0.4) is 0 Å². The summed E-state index contributed by atoms with van der Waals surface area (Å²) in [4.78, 5) is 12.8. The summed E-state index contributed by atoms with van der Waals surface area (Å²) in [5, 5.41) is 8.90. The van der Waals surface area contributed by atoms with Crippen molar-refractivity contribution >= 4 is 18.4 Å². The molecule has 0 aliphatic carbocycles. The van der Waals surface area contributed by atoms with Crippen LogP contribution in [0.2, 0.25) is 0 Å². The predicted octanol–water partition coefficient (Wildman–Crippen LogP) is 3.76. The number of carboxylic acid groups (broad SMARTS) is 1. The van der Waals surface area contributed by atoms with Crippen LogP contribution in [0.1, 0.15) is 30.1 Å². The summed E-state index contributed by atoms with van der Waals surface area (Å²) in [6.07, 6.45) is 1.80. The van der Waals surface area contributed by atoms with Crippen LogP contribution in [0.5, 0.6) is 0 Å². The van der Waals surface area contributed by atoms with Crippen molar-refractivity contribution in [1.29, 1.82) is 0 Å². The number of carboxylic acids is 1. The number of piperidine rings is 1. The fraction of sp³-hybridized carbons (Fsp3) is 0.350. The highest BCUT2D eigenvalue weighted by atomic mass is 35.5. The minimum atomic E-state index is -0.763. The molecule has 3 rings (SSSR count). The molecule has 4 nitrogen and oxygen atoms in total. The van der Waals surface area contributed by atoms with Crippen LogP contribution in [-0.2, 0) is 9.53 Å². The lowest BCUT2D eigenvalue weighted by Gasteiger charge is -2.33. The molecule has 1 aliphatic rings. The Labute approximate surface area is 154 Å². The van der Waals surface area contributed by atoms with Gasteiger partial charge in [0.15, 0.2) is 0 Å². The van der Waals surface area contributed by atoms with E-state index in [1.54, 1.807) is 0 Å². The Bertz CT molecular complexity index is 603. The first-order chi connectivity index (χ1) is 11.7. The average molecular weight is 362 g/mol. The second kappa shape index (κ2) is 9.56. The molecule has 1 aliphatic heterocycles. The topological polar surface area (TPSA) is 49.8 Å². The normalized spacial score (nSPS) is 15.7. The number of hydrogen-bond donors (Lipinski definition) is 1. The molecule has 0 radical (unpaired) electrons. The first-order valence-corrected chi connectivity index (χ1v) is 8.42. The Morgan fingerprint density at radius 2 is 1.48 bits per heavy atom. The van der Waals surface area contributed by atoms with Crippen LogP contribution in [0, 0.1) is 0 Å². The Balaban J connectivity index is 0.00000225. The molecule has 2 aromatic carbocycles. The SMILES string of the molecule is Cl.O=C(O)CN1CCC(OC(c2ccccc2)c2ccccc2)CC1. The number of rotatable bonds is 6. The molecule has 0 aromatic heterocycles. The second-order valence-electron chi connectivity index (χ2n) is 6.21. The Hall–Kier alpha value is -1.88. The maximum absolute atomic E-state index is 10.8. The van der Waals surface area contributed by atoms with E-state index in [4.69, 9.17) is 9.84 Å². The average Bonchev–Trinajstić information content (AvgIpc) is 2.62. The predicted molar refractivity (Wildman–Crippen MR) is 100 cm³/mol. The number of nitrogens with zero attached hydrogens (tertiary/aromatic N) is 1. The standard InChI is InChI=1S/C20H23NO3.ClH/c22-19(23)15-21-13-11-18(12-14-21)24-20(16-7-3-1-4-8-16)17-9-5-2-6-10-17;/h1-10,18,20H,11-15H2,(H,22,23);1H. The van der Waals surface area contributed by atoms with E-state index >= 15 is 0 Å². The van der Waals surface area contributed by atoms with Crippen molar-refractivity contribution < 1.29 is 14.6 Å². The van der Waals surface area contributed by atoms with Gasteiger partial charge in [-0.2, -0.15) is 0 Å². The molecule has 0 atom stereocenters. The van der Waals surface area contributed by atoms with Crippen molar-refractivity contribution in [1.82, 2.24) is 4.90 Å². The molecule has 2 aromatic rings. The number of ether oxygens (including phenoxy) is 1. The molecule has 134 valence electrons. The van der Waals surface area contributed by atoms with Gasteiger partial charge in [0.05, 0.1) is 12.6 Å². The fourth-order valence-electron chi connectivity index (χ4n) is 3.19. The van der Waals surface area contributed by atoms with Gasteiger partial charge in [-0.3, -0.25) is 9.69 Å². The van der Waals surface area contributed by atoms with Gasteiger partial charge in [-0.05, 0) is 24.0 Å². The third kappa shape index (κ3) is 5.56. The van der Waals surface area contributed by atoms with Gasteiger partial charge < -0.3 is 9.84 Å². The molecule has 0 amide bonds. The van der Waals surface area contributed by atoms with E-state index in [1.807, 2.05) is 41.3 Å². The zero-order valence-electron chi connectivity index (χ0n) is 14.1. The van der Waals surface area contributed by atoms with Crippen molar-refractivity contribution in [2.24, 2.45) is 0 Å². The van der Waals surface area contributed by atoms with Crippen molar-refractivity contribution in [3.05, 3.63) is 71.8 Å². The Kier molecular flexibility index (Phi) is 7.44. The van der Waals surface area contributed by atoms with Gasteiger partial charge in [-0.15, -0.1) is 12.4 Å². The summed E-state index contributed by atoms with van der Waals surface area (Å²) in [5.41, 5.74) is 2.30. The van der Waals surface area contributed by atoms with E-state index in [1.165, 1.54) is 0 Å². The number of benzene rings is 2. The molecule has 0 spiro atoms. The highest BCUT2D eigenvalue weighted by molar-refractivity contribution is 5.85. The van der Waals surface area contributed by atoms with Crippen LogP contribution < -0.4 is 0 Å². The van der Waals surface area contributed by atoms with Gasteiger partial charge in [-0.25, -0.2) is 0 Å². The van der Waals surface area contributed by atoms with Crippen LogP contribution in [0.15, 0.2) is 60.7 Å². The molecule has 5 heteroatoms. The summed E-state index contributed by atoms with van der Waals surface area (Å²) in [5.74, 6) is -0.763. The van der Waals surface area contributed by atoms with E-state index in [0.717, 1.165) is 37.1 Å². The monoisotopic (exact) mass is 361 g/mol. The van der Waals surface area contributed by atoms with E-state index in [-0.39, 0.29) is 31.2 Å². The van der Waals surface area contributed by atoms with Crippen LogP contribution >= 0.6 is 12.4 Å². The Morgan fingerprint density at radius 3 is 1.92 bits per heavy atom. The highest BCUT2D eigenvalue weighted by Crippen LogP contribution is 2.29. The maximum atomic E-state index is 10.8. The number of carbonyl (C=O) groups is 1. The lowest BCUT2D eigenvalue weighted by Crippen LogP contribution is -2.40. The van der Waals surface area contributed by atoms with Crippen molar-refractivity contribution in [3.8, 4) is 0 Å². The van der Waals surface area contributed by atoms with Crippen molar-refractivity contribution in [2.75, 3.05) is 19.6 Å². The quantitative estimate of drug-likeness (QED) is 0.851.